The summed E-state index contributed by atoms with van der Waals surface area (Å²) in [5.41, 5.74) is 0.932. The summed E-state index contributed by atoms with van der Waals surface area (Å²) in [6.07, 6.45) is 3.59. The van der Waals surface area contributed by atoms with Gasteiger partial charge in [0, 0.05) is 18.9 Å². The van der Waals surface area contributed by atoms with Crippen LogP contribution in [-0.2, 0) is 6.54 Å². The largest absolute Gasteiger partial charge is 0.285 e. The number of hydrogen-bond acceptors (Lipinski definition) is 2. The zero-order valence-corrected chi connectivity index (χ0v) is 8.92. The molecule has 0 unspecified atom stereocenters. The topological polar surface area (TPSA) is 39.3 Å². The molecule has 3 rings (SSSR count). The molecule has 0 fully saturated rings. The highest BCUT2D eigenvalue weighted by Gasteiger charge is 2.08. The van der Waals surface area contributed by atoms with Gasteiger partial charge in [0.2, 0.25) is 5.78 Å². The summed E-state index contributed by atoms with van der Waals surface area (Å²) in [4.78, 5) is 16.4. The van der Waals surface area contributed by atoms with Crippen molar-refractivity contribution in [2.75, 3.05) is 0 Å². The van der Waals surface area contributed by atoms with Gasteiger partial charge in [-0.05, 0) is 19.1 Å². The average Bonchev–Trinajstić information content (AvgIpc) is 2.79. The van der Waals surface area contributed by atoms with Crippen LogP contribution < -0.4 is 5.56 Å². The number of benzene rings is 1. The minimum atomic E-state index is 0.0248. The van der Waals surface area contributed by atoms with Crippen LogP contribution >= 0.6 is 0 Å². The third-order valence-electron chi connectivity index (χ3n) is 2.82. The average molecular weight is 213 g/mol. The predicted octanol–water partition coefficient (Wildman–Crippen LogP) is 1.67. The van der Waals surface area contributed by atoms with Crippen LogP contribution in [0.2, 0.25) is 0 Å². The molecule has 80 valence electrons. The fraction of sp³-hybridized carbons (Fsp3) is 0.167. The van der Waals surface area contributed by atoms with Crippen LogP contribution in [0.25, 0.3) is 16.7 Å². The van der Waals surface area contributed by atoms with Gasteiger partial charge in [-0.15, -0.1) is 0 Å². The highest BCUT2D eigenvalue weighted by molar-refractivity contribution is 5.80. The number of fused-ring (bicyclic) bond motifs is 3. The standard InChI is InChI=1S/C12H11N3O/c1-2-14-11(16)9-5-3-4-6-10(9)15-8-7-13-12(14)15/h3-8H,2H2,1H3. The van der Waals surface area contributed by atoms with Gasteiger partial charge >= 0.3 is 0 Å². The van der Waals surface area contributed by atoms with E-state index >= 15 is 0 Å². The van der Waals surface area contributed by atoms with Crippen molar-refractivity contribution in [3.8, 4) is 0 Å². The molecule has 0 saturated heterocycles. The van der Waals surface area contributed by atoms with E-state index in [9.17, 15) is 4.79 Å². The number of hydrogen-bond donors (Lipinski definition) is 0. The van der Waals surface area contributed by atoms with E-state index in [1.807, 2.05) is 41.8 Å². The maximum atomic E-state index is 12.2. The van der Waals surface area contributed by atoms with Gasteiger partial charge in [-0.3, -0.25) is 13.8 Å². The quantitative estimate of drug-likeness (QED) is 0.616. The van der Waals surface area contributed by atoms with E-state index in [0.29, 0.717) is 12.3 Å². The van der Waals surface area contributed by atoms with Gasteiger partial charge in [0.25, 0.3) is 5.56 Å². The number of imidazole rings is 1. The first-order valence-electron chi connectivity index (χ1n) is 5.27. The number of aromatic nitrogens is 3. The number of para-hydroxylation sites is 1. The van der Waals surface area contributed by atoms with Crippen molar-refractivity contribution in [2.24, 2.45) is 0 Å². The lowest BCUT2D eigenvalue weighted by molar-refractivity contribution is 0.738. The van der Waals surface area contributed by atoms with Crippen molar-refractivity contribution in [3.63, 3.8) is 0 Å². The molecule has 0 saturated carbocycles. The number of rotatable bonds is 1. The van der Waals surface area contributed by atoms with Gasteiger partial charge in [-0.2, -0.15) is 0 Å². The lowest BCUT2D eigenvalue weighted by Gasteiger charge is -2.07. The number of nitrogens with zero attached hydrogens (tertiary/aromatic N) is 3. The molecule has 4 nitrogen and oxygen atoms in total. The summed E-state index contributed by atoms with van der Waals surface area (Å²) >= 11 is 0. The van der Waals surface area contributed by atoms with Gasteiger partial charge in [0.15, 0.2) is 0 Å². The number of aryl methyl sites for hydroxylation is 1. The molecule has 0 N–H and O–H groups in total. The monoisotopic (exact) mass is 213 g/mol. The minimum Gasteiger partial charge on any atom is -0.285 e. The molecule has 0 spiro atoms. The van der Waals surface area contributed by atoms with Crippen molar-refractivity contribution in [2.45, 2.75) is 13.5 Å². The van der Waals surface area contributed by atoms with Crippen LogP contribution in [0.1, 0.15) is 6.92 Å². The SMILES string of the molecule is CCn1c(=O)c2ccccc2n2ccnc12. The molecule has 4 heteroatoms. The Hall–Kier alpha value is -2.10. The second-order valence-corrected chi connectivity index (χ2v) is 3.66. The molecule has 2 aromatic heterocycles. The summed E-state index contributed by atoms with van der Waals surface area (Å²) in [5.74, 6) is 0.700. The molecule has 0 aliphatic carbocycles. The summed E-state index contributed by atoms with van der Waals surface area (Å²) < 4.78 is 3.63. The Labute approximate surface area is 91.8 Å². The van der Waals surface area contributed by atoms with Gasteiger partial charge in [-0.25, -0.2) is 4.98 Å². The van der Waals surface area contributed by atoms with Crippen molar-refractivity contribution in [3.05, 3.63) is 47.0 Å². The van der Waals surface area contributed by atoms with Crippen molar-refractivity contribution < 1.29 is 0 Å². The smallest absolute Gasteiger partial charge is 0.262 e. The summed E-state index contributed by atoms with van der Waals surface area (Å²) in [6.45, 7) is 2.58. The van der Waals surface area contributed by atoms with E-state index in [1.165, 1.54) is 0 Å². The first kappa shape index (κ1) is 9.15. The summed E-state index contributed by atoms with van der Waals surface area (Å²) in [6, 6.07) is 7.60. The Morgan fingerprint density at radius 2 is 2.12 bits per heavy atom. The van der Waals surface area contributed by atoms with Crippen LogP contribution in [0.5, 0.6) is 0 Å². The van der Waals surface area contributed by atoms with Crippen LogP contribution in [0.3, 0.4) is 0 Å². The molecule has 16 heavy (non-hydrogen) atoms. The minimum absolute atomic E-state index is 0.0248. The van der Waals surface area contributed by atoms with E-state index in [2.05, 4.69) is 4.98 Å². The fourth-order valence-corrected chi connectivity index (χ4v) is 2.07. The summed E-state index contributed by atoms with van der Waals surface area (Å²) in [5, 5.41) is 0.731. The molecule has 0 aliphatic rings. The van der Waals surface area contributed by atoms with Crippen LogP contribution in [0, 0.1) is 0 Å². The molecule has 1 aromatic carbocycles. The van der Waals surface area contributed by atoms with E-state index in [0.717, 1.165) is 10.9 Å². The summed E-state index contributed by atoms with van der Waals surface area (Å²) in [7, 11) is 0. The maximum absolute atomic E-state index is 12.2. The molecular weight excluding hydrogens is 202 g/mol. The second-order valence-electron chi connectivity index (χ2n) is 3.66. The van der Waals surface area contributed by atoms with Crippen LogP contribution in [0.15, 0.2) is 41.5 Å². The van der Waals surface area contributed by atoms with Gasteiger partial charge < -0.3 is 0 Å². The molecule has 0 radical (unpaired) electrons. The van der Waals surface area contributed by atoms with Crippen LogP contribution in [-0.4, -0.2) is 14.0 Å². The Morgan fingerprint density at radius 3 is 2.94 bits per heavy atom. The van der Waals surface area contributed by atoms with Gasteiger partial charge in [0.05, 0.1) is 10.9 Å². The Balaban J connectivity index is 2.69. The second kappa shape index (κ2) is 3.20. The van der Waals surface area contributed by atoms with E-state index in [-0.39, 0.29) is 5.56 Å². The zero-order chi connectivity index (χ0) is 11.1. The third-order valence-corrected chi connectivity index (χ3v) is 2.82. The van der Waals surface area contributed by atoms with Crippen molar-refractivity contribution >= 4 is 16.7 Å². The molecule has 0 atom stereocenters. The predicted molar refractivity (Wildman–Crippen MR) is 62.6 cm³/mol. The van der Waals surface area contributed by atoms with Gasteiger partial charge in [0.1, 0.15) is 0 Å². The highest BCUT2D eigenvalue weighted by atomic mass is 16.1. The first-order chi connectivity index (χ1) is 7.83. The van der Waals surface area contributed by atoms with E-state index in [1.54, 1.807) is 10.8 Å². The fourth-order valence-electron chi connectivity index (χ4n) is 2.07. The van der Waals surface area contributed by atoms with Crippen LogP contribution in [0.4, 0.5) is 0 Å². The zero-order valence-electron chi connectivity index (χ0n) is 8.92. The Kier molecular flexibility index (Phi) is 1.83. The molecule has 0 bridgehead atoms. The Morgan fingerprint density at radius 1 is 1.31 bits per heavy atom. The van der Waals surface area contributed by atoms with E-state index in [4.69, 9.17) is 0 Å². The molecule has 0 aliphatic heterocycles. The third kappa shape index (κ3) is 1.04. The highest BCUT2D eigenvalue weighted by Crippen LogP contribution is 2.11. The Bertz CT molecular complexity index is 724. The maximum Gasteiger partial charge on any atom is 0.262 e. The van der Waals surface area contributed by atoms with E-state index < -0.39 is 0 Å². The molecule has 2 heterocycles. The van der Waals surface area contributed by atoms with Crippen molar-refractivity contribution in [1.82, 2.24) is 14.0 Å². The molecular formula is C12H11N3O. The van der Waals surface area contributed by atoms with Gasteiger partial charge in [-0.1, -0.05) is 12.1 Å². The van der Waals surface area contributed by atoms with Crippen molar-refractivity contribution in [1.29, 1.82) is 0 Å². The first-order valence-corrected chi connectivity index (χ1v) is 5.27. The molecule has 0 amide bonds. The lowest BCUT2D eigenvalue weighted by atomic mass is 10.2. The molecule has 3 aromatic rings. The normalized spacial score (nSPS) is 11.3. The lowest BCUT2D eigenvalue weighted by Crippen LogP contribution is -2.22.